The van der Waals surface area contributed by atoms with E-state index in [1.165, 1.54) is 12.8 Å². The summed E-state index contributed by atoms with van der Waals surface area (Å²) in [5.74, 6) is -1.88. The van der Waals surface area contributed by atoms with Gasteiger partial charge in [0.15, 0.2) is 0 Å². The largest absolute Gasteiger partial charge is 0.382 e. The van der Waals surface area contributed by atoms with E-state index in [9.17, 15) is 19.2 Å². The van der Waals surface area contributed by atoms with Crippen LogP contribution in [0.1, 0.15) is 59.2 Å². The highest BCUT2D eigenvalue weighted by Crippen LogP contribution is 2.49. The number of nitrogens with one attached hydrogen (secondary N) is 3. The van der Waals surface area contributed by atoms with Crippen LogP contribution in [0.15, 0.2) is 18.2 Å². The Morgan fingerprint density at radius 2 is 1.77 bits per heavy atom. The van der Waals surface area contributed by atoms with Crippen molar-refractivity contribution in [3.8, 4) is 0 Å². The molecule has 1 aromatic carbocycles. The molecule has 5 rings (SSSR count). The van der Waals surface area contributed by atoms with E-state index in [1.54, 1.807) is 12.1 Å². The molecule has 1 aliphatic carbocycles. The Balaban J connectivity index is 0.00000218. The lowest BCUT2D eigenvalue weighted by Gasteiger charge is -2.51. The third-order valence-electron chi connectivity index (χ3n) is 6.85. The second-order valence-corrected chi connectivity index (χ2v) is 8.67. The summed E-state index contributed by atoms with van der Waals surface area (Å²) in [6.45, 7) is 2.11. The third-order valence-corrected chi connectivity index (χ3v) is 6.85. The van der Waals surface area contributed by atoms with Gasteiger partial charge in [-0.25, -0.2) is 0 Å². The molecule has 1 saturated carbocycles. The molecule has 9 heteroatoms. The van der Waals surface area contributed by atoms with Crippen molar-refractivity contribution < 1.29 is 19.2 Å². The number of anilines is 1. The summed E-state index contributed by atoms with van der Waals surface area (Å²) < 4.78 is 0. The Bertz CT molecular complexity index is 920. The molecule has 0 bridgehead atoms. The first-order valence-corrected chi connectivity index (χ1v) is 10.3. The van der Waals surface area contributed by atoms with E-state index >= 15 is 0 Å². The summed E-state index contributed by atoms with van der Waals surface area (Å²) in [5.41, 5.74) is 1.72. The Morgan fingerprint density at radius 1 is 1.03 bits per heavy atom. The monoisotopic (exact) mass is 432 g/mol. The van der Waals surface area contributed by atoms with Gasteiger partial charge in [0.05, 0.1) is 11.1 Å². The minimum atomic E-state index is -0.935. The minimum absolute atomic E-state index is 0. The van der Waals surface area contributed by atoms with E-state index in [0.29, 0.717) is 22.2 Å². The van der Waals surface area contributed by atoms with E-state index in [0.717, 1.165) is 30.8 Å². The average Bonchev–Trinajstić information content (AvgIpc) is 2.93. The number of halogens is 1. The van der Waals surface area contributed by atoms with Gasteiger partial charge in [0.1, 0.15) is 6.04 Å². The summed E-state index contributed by atoms with van der Waals surface area (Å²) in [7, 11) is 0. The highest BCUT2D eigenvalue weighted by atomic mass is 35.5. The Hall–Kier alpha value is -2.45. The lowest BCUT2D eigenvalue weighted by molar-refractivity contribution is -0.136. The normalized spacial score (nSPS) is 25.5. The van der Waals surface area contributed by atoms with E-state index < -0.39 is 23.8 Å². The van der Waals surface area contributed by atoms with Crippen LogP contribution in [0.4, 0.5) is 5.69 Å². The molecule has 30 heavy (non-hydrogen) atoms. The number of benzene rings is 1. The van der Waals surface area contributed by atoms with Crippen molar-refractivity contribution in [3.05, 3.63) is 29.3 Å². The molecule has 3 N–H and O–H groups in total. The van der Waals surface area contributed by atoms with E-state index in [-0.39, 0.29) is 37.2 Å². The smallest absolute Gasteiger partial charge is 0.264 e. The molecule has 8 nitrogen and oxygen atoms in total. The molecular formula is C21H25ClN4O4. The van der Waals surface area contributed by atoms with Crippen LogP contribution < -0.4 is 16.0 Å². The first-order valence-electron chi connectivity index (χ1n) is 10.3. The van der Waals surface area contributed by atoms with Crippen molar-refractivity contribution in [2.45, 2.75) is 50.6 Å². The molecule has 3 aliphatic heterocycles. The topological polar surface area (TPSA) is 108 Å². The Morgan fingerprint density at radius 3 is 2.47 bits per heavy atom. The minimum Gasteiger partial charge on any atom is -0.382 e. The number of hydrogen-bond donors (Lipinski definition) is 3. The van der Waals surface area contributed by atoms with Crippen molar-refractivity contribution in [2.75, 3.05) is 18.4 Å². The molecule has 2 saturated heterocycles. The number of piperidine rings is 2. The maximum atomic E-state index is 13.1. The summed E-state index contributed by atoms with van der Waals surface area (Å²) in [6.07, 6.45) is 4.78. The number of hydrogen-bond acceptors (Lipinski definition) is 6. The predicted octanol–water partition coefficient (Wildman–Crippen LogP) is 1.45. The number of rotatable bonds is 3. The first-order chi connectivity index (χ1) is 14.0. The molecular weight excluding hydrogens is 408 g/mol. The maximum Gasteiger partial charge on any atom is 0.264 e. The number of nitrogens with zero attached hydrogens (tertiary/aromatic N) is 1. The van der Waals surface area contributed by atoms with Gasteiger partial charge in [0, 0.05) is 18.2 Å². The SMILES string of the molecule is Cl.O=C1CCC(N2C(=O)c3cccc(NC4CC5(CCNCC5)C4)c3C2=O)C(=O)N1. The van der Waals surface area contributed by atoms with Crippen molar-refractivity contribution in [1.82, 2.24) is 15.5 Å². The summed E-state index contributed by atoms with van der Waals surface area (Å²) >= 11 is 0. The summed E-state index contributed by atoms with van der Waals surface area (Å²) in [5, 5.41) is 9.09. The molecule has 0 aromatic heterocycles. The molecule has 4 amide bonds. The van der Waals surface area contributed by atoms with Crippen LogP contribution >= 0.6 is 12.4 Å². The summed E-state index contributed by atoms with van der Waals surface area (Å²) in [4.78, 5) is 50.7. The van der Waals surface area contributed by atoms with Crippen LogP contribution in [0.3, 0.4) is 0 Å². The second-order valence-electron chi connectivity index (χ2n) is 8.67. The zero-order valence-corrected chi connectivity index (χ0v) is 17.3. The van der Waals surface area contributed by atoms with Crippen LogP contribution in [-0.4, -0.2) is 53.7 Å². The van der Waals surface area contributed by atoms with Gasteiger partial charge in [0.25, 0.3) is 11.8 Å². The van der Waals surface area contributed by atoms with Gasteiger partial charge in [-0.3, -0.25) is 29.4 Å². The highest BCUT2D eigenvalue weighted by Gasteiger charge is 2.47. The number of imide groups is 2. The van der Waals surface area contributed by atoms with Crippen molar-refractivity contribution in [3.63, 3.8) is 0 Å². The molecule has 3 fully saturated rings. The fourth-order valence-corrected chi connectivity index (χ4v) is 5.31. The number of carbonyl (C=O) groups excluding carboxylic acids is 4. The van der Waals surface area contributed by atoms with Gasteiger partial charge < -0.3 is 10.6 Å². The fourth-order valence-electron chi connectivity index (χ4n) is 5.31. The predicted molar refractivity (Wildman–Crippen MR) is 112 cm³/mol. The molecule has 4 aliphatic rings. The van der Waals surface area contributed by atoms with E-state index in [4.69, 9.17) is 0 Å². The van der Waals surface area contributed by atoms with Gasteiger partial charge in [-0.05, 0) is 62.7 Å². The van der Waals surface area contributed by atoms with Crippen LogP contribution in [0.2, 0.25) is 0 Å². The summed E-state index contributed by atoms with van der Waals surface area (Å²) in [6, 6.07) is 4.56. The third kappa shape index (κ3) is 3.28. The number of carbonyl (C=O) groups is 4. The van der Waals surface area contributed by atoms with Crippen LogP contribution in [0.5, 0.6) is 0 Å². The van der Waals surface area contributed by atoms with Gasteiger partial charge in [-0.2, -0.15) is 0 Å². The van der Waals surface area contributed by atoms with Gasteiger partial charge in [0.2, 0.25) is 11.8 Å². The molecule has 160 valence electrons. The van der Waals surface area contributed by atoms with E-state index in [1.807, 2.05) is 6.07 Å². The molecule has 1 spiro atoms. The van der Waals surface area contributed by atoms with Gasteiger partial charge in [-0.15, -0.1) is 12.4 Å². The molecule has 1 aromatic rings. The Kier molecular flexibility index (Phi) is 5.32. The maximum absolute atomic E-state index is 13.1. The quantitative estimate of drug-likeness (QED) is 0.624. The Labute approximate surface area is 180 Å². The molecule has 1 unspecified atom stereocenters. The van der Waals surface area contributed by atoms with E-state index in [2.05, 4.69) is 16.0 Å². The van der Waals surface area contributed by atoms with Crippen LogP contribution in [0.25, 0.3) is 0 Å². The van der Waals surface area contributed by atoms with Gasteiger partial charge in [-0.1, -0.05) is 6.07 Å². The lowest BCUT2D eigenvalue weighted by Crippen LogP contribution is -2.54. The first kappa shape index (κ1) is 20.8. The van der Waals surface area contributed by atoms with Gasteiger partial charge >= 0.3 is 0 Å². The van der Waals surface area contributed by atoms with Crippen molar-refractivity contribution in [1.29, 1.82) is 0 Å². The standard InChI is InChI=1S/C21H24N4O4.ClH/c26-16-5-4-15(18(27)24-16)25-19(28)13-2-1-3-14(17(13)20(25)29)23-12-10-21(11-12)6-8-22-9-7-21;/h1-3,12,15,22-23H,4-11H2,(H,24,26,27);1H. The zero-order valence-electron chi connectivity index (χ0n) is 16.5. The van der Waals surface area contributed by atoms with Crippen molar-refractivity contribution >= 4 is 41.7 Å². The molecule has 1 atom stereocenters. The fraction of sp³-hybridized carbons (Fsp3) is 0.524. The number of fused-ring (bicyclic) bond motifs is 1. The lowest BCUT2D eigenvalue weighted by atomic mass is 9.60. The average molecular weight is 433 g/mol. The second kappa shape index (κ2) is 7.67. The van der Waals surface area contributed by atoms with Crippen molar-refractivity contribution in [2.24, 2.45) is 5.41 Å². The molecule has 3 heterocycles. The van der Waals surface area contributed by atoms with Crippen LogP contribution in [0, 0.1) is 5.41 Å². The zero-order chi connectivity index (χ0) is 20.2. The van der Waals surface area contributed by atoms with Crippen LogP contribution in [-0.2, 0) is 9.59 Å². The number of amides is 4. The molecule has 0 radical (unpaired) electrons. The highest BCUT2D eigenvalue weighted by molar-refractivity contribution is 6.25.